The van der Waals surface area contributed by atoms with Gasteiger partial charge in [0.1, 0.15) is 19.0 Å². The molecule has 0 saturated carbocycles. The van der Waals surface area contributed by atoms with Crippen LogP contribution in [0, 0.1) is 0 Å². The van der Waals surface area contributed by atoms with Gasteiger partial charge in [0.2, 0.25) is 0 Å². The Morgan fingerprint density at radius 2 is 0.833 bits per heavy atom. The lowest BCUT2D eigenvalue weighted by molar-refractivity contribution is 1.19. The first-order valence-corrected chi connectivity index (χ1v) is 5.36. The predicted octanol–water partition coefficient (Wildman–Crippen LogP) is 1.52. The number of benzene rings is 1. The summed E-state index contributed by atoms with van der Waals surface area (Å²) in [5.41, 5.74) is 2.44. The van der Waals surface area contributed by atoms with Gasteiger partial charge in [-0.25, -0.2) is 29.9 Å². The second-order valence-corrected chi connectivity index (χ2v) is 3.86. The minimum absolute atomic E-state index is 0.812. The Labute approximate surface area is 101 Å². The lowest BCUT2D eigenvalue weighted by atomic mass is 10.1. The van der Waals surface area contributed by atoms with Crippen LogP contribution in [0.25, 0.3) is 32.7 Å². The standard InChI is InChI=1S/C12H6N6/c1-7-10(16-4-13-1)8-2-15-6-18-12(8)9-3-14-5-17-11(7)9/h1-6H. The SMILES string of the molecule is c1ncc2c(n1)c1cncnc1c1cncnc21. The molecule has 0 spiro atoms. The summed E-state index contributed by atoms with van der Waals surface area (Å²) < 4.78 is 0. The largest absolute Gasteiger partial charge is 0.244 e. The van der Waals surface area contributed by atoms with Crippen molar-refractivity contribution in [3.63, 3.8) is 0 Å². The Hall–Kier alpha value is -2.76. The predicted molar refractivity (Wildman–Crippen MR) is 65.7 cm³/mol. The molecule has 0 fully saturated rings. The summed E-state index contributed by atoms with van der Waals surface area (Å²) >= 11 is 0. The Balaban J connectivity index is 2.46. The first kappa shape index (κ1) is 9.29. The van der Waals surface area contributed by atoms with E-state index in [0.29, 0.717) is 0 Å². The van der Waals surface area contributed by atoms with E-state index in [1.165, 1.54) is 19.0 Å². The van der Waals surface area contributed by atoms with Crippen LogP contribution in [0.15, 0.2) is 37.6 Å². The zero-order chi connectivity index (χ0) is 11.9. The van der Waals surface area contributed by atoms with Gasteiger partial charge >= 0.3 is 0 Å². The summed E-state index contributed by atoms with van der Waals surface area (Å²) in [7, 11) is 0. The minimum atomic E-state index is 0.812. The summed E-state index contributed by atoms with van der Waals surface area (Å²) in [5, 5.41) is 2.66. The highest BCUT2D eigenvalue weighted by Gasteiger charge is 2.11. The molecule has 0 atom stereocenters. The quantitative estimate of drug-likeness (QED) is 0.429. The van der Waals surface area contributed by atoms with Gasteiger partial charge in [0.15, 0.2) is 0 Å². The van der Waals surface area contributed by atoms with Crippen LogP contribution in [0.4, 0.5) is 0 Å². The molecular weight excluding hydrogens is 228 g/mol. The molecule has 0 N–H and O–H groups in total. The fourth-order valence-electron chi connectivity index (χ4n) is 2.15. The van der Waals surface area contributed by atoms with E-state index in [2.05, 4.69) is 29.9 Å². The molecule has 6 nitrogen and oxygen atoms in total. The van der Waals surface area contributed by atoms with Crippen molar-refractivity contribution in [2.45, 2.75) is 0 Å². The number of rotatable bonds is 0. The highest BCUT2D eigenvalue weighted by molar-refractivity contribution is 6.20. The summed E-state index contributed by atoms with van der Waals surface area (Å²) in [6.45, 7) is 0. The molecule has 0 unspecified atom stereocenters. The van der Waals surface area contributed by atoms with Gasteiger partial charge < -0.3 is 0 Å². The fourth-order valence-corrected chi connectivity index (χ4v) is 2.15. The van der Waals surface area contributed by atoms with Crippen LogP contribution in [0.1, 0.15) is 0 Å². The Bertz CT molecular complexity index is 668. The van der Waals surface area contributed by atoms with Crippen molar-refractivity contribution in [3.05, 3.63) is 37.6 Å². The third kappa shape index (κ3) is 1.11. The van der Waals surface area contributed by atoms with E-state index in [1.54, 1.807) is 18.6 Å². The summed E-state index contributed by atoms with van der Waals surface area (Å²) in [4.78, 5) is 25.1. The van der Waals surface area contributed by atoms with E-state index in [1.807, 2.05) is 0 Å². The normalized spacial score (nSPS) is 11.3. The lowest BCUT2D eigenvalue weighted by Crippen LogP contribution is -1.92. The number of hydrogen-bond acceptors (Lipinski definition) is 6. The van der Waals surface area contributed by atoms with Gasteiger partial charge in [0.05, 0.1) is 16.6 Å². The van der Waals surface area contributed by atoms with Crippen LogP contribution in [0.5, 0.6) is 0 Å². The monoisotopic (exact) mass is 234 g/mol. The highest BCUT2D eigenvalue weighted by atomic mass is 14.9. The van der Waals surface area contributed by atoms with Gasteiger partial charge in [-0.05, 0) is 0 Å². The van der Waals surface area contributed by atoms with Crippen LogP contribution in [-0.4, -0.2) is 29.9 Å². The maximum Gasteiger partial charge on any atom is 0.116 e. The summed E-state index contributed by atoms with van der Waals surface area (Å²) in [5.74, 6) is 0. The first-order valence-electron chi connectivity index (χ1n) is 5.36. The number of nitrogens with zero attached hydrogens (tertiary/aromatic N) is 6. The van der Waals surface area contributed by atoms with E-state index in [4.69, 9.17) is 0 Å². The van der Waals surface area contributed by atoms with Gasteiger partial charge in [-0.3, -0.25) is 0 Å². The van der Waals surface area contributed by atoms with Crippen molar-refractivity contribution in [1.82, 2.24) is 29.9 Å². The molecule has 84 valence electrons. The fraction of sp³-hybridized carbons (Fsp3) is 0. The Kier molecular flexibility index (Phi) is 1.74. The topological polar surface area (TPSA) is 77.3 Å². The molecule has 0 amide bonds. The third-order valence-corrected chi connectivity index (χ3v) is 2.90. The smallest absolute Gasteiger partial charge is 0.116 e. The van der Waals surface area contributed by atoms with E-state index in [-0.39, 0.29) is 0 Å². The molecule has 0 saturated heterocycles. The van der Waals surface area contributed by atoms with Crippen molar-refractivity contribution in [3.8, 4) is 0 Å². The molecule has 18 heavy (non-hydrogen) atoms. The second kappa shape index (κ2) is 3.36. The van der Waals surface area contributed by atoms with Gasteiger partial charge in [-0.2, -0.15) is 0 Å². The molecule has 4 aromatic rings. The molecule has 0 bridgehead atoms. The van der Waals surface area contributed by atoms with Crippen molar-refractivity contribution < 1.29 is 0 Å². The molecule has 0 aliphatic rings. The number of aromatic nitrogens is 6. The van der Waals surface area contributed by atoms with E-state index in [9.17, 15) is 0 Å². The molecule has 0 aliphatic heterocycles. The maximum atomic E-state index is 4.31. The van der Waals surface area contributed by atoms with E-state index < -0.39 is 0 Å². The van der Waals surface area contributed by atoms with Crippen molar-refractivity contribution in [2.75, 3.05) is 0 Å². The van der Waals surface area contributed by atoms with Crippen LogP contribution in [0.2, 0.25) is 0 Å². The number of fused-ring (bicyclic) bond motifs is 6. The Morgan fingerprint density at radius 3 is 1.17 bits per heavy atom. The Morgan fingerprint density at radius 1 is 0.500 bits per heavy atom. The third-order valence-electron chi connectivity index (χ3n) is 2.90. The van der Waals surface area contributed by atoms with Gasteiger partial charge in [-0.15, -0.1) is 0 Å². The van der Waals surface area contributed by atoms with Crippen LogP contribution >= 0.6 is 0 Å². The molecular formula is C12H6N6. The number of hydrogen-bond donors (Lipinski definition) is 0. The maximum absolute atomic E-state index is 4.31. The average molecular weight is 234 g/mol. The van der Waals surface area contributed by atoms with Crippen molar-refractivity contribution in [2.24, 2.45) is 0 Å². The molecule has 3 heterocycles. The first-order chi connectivity index (χ1) is 8.95. The van der Waals surface area contributed by atoms with Gasteiger partial charge in [0.25, 0.3) is 0 Å². The summed E-state index contributed by atoms with van der Waals surface area (Å²) in [6, 6.07) is 0. The average Bonchev–Trinajstić information content (AvgIpc) is 2.48. The zero-order valence-corrected chi connectivity index (χ0v) is 9.15. The molecule has 0 aliphatic carbocycles. The van der Waals surface area contributed by atoms with Crippen LogP contribution in [0.3, 0.4) is 0 Å². The minimum Gasteiger partial charge on any atom is -0.244 e. The second-order valence-electron chi connectivity index (χ2n) is 3.86. The zero-order valence-electron chi connectivity index (χ0n) is 9.15. The van der Waals surface area contributed by atoms with E-state index in [0.717, 1.165) is 32.7 Å². The molecule has 3 aromatic heterocycles. The molecule has 6 heteroatoms. The van der Waals surface area contributed by atoms with Gasteiger partial charge in [0, 0.05) is 34.7 Å². The van der Waals surface area contributed by atoms with Gasteiger partial charge in [-0.1, -0.05) is 0 Å². The summed E-state index contributed by atoms with van der Waals surface area (Å²) in [6.07, 6.45) is 9.81. The van der Waals surface area contributed by atoms with Crippen molar-refractivity contribution >= 4 is 32.7 Å². The van der Waals surface area contributed by atoms with Crippen molar-refractivity contribution in [1.29, 1.82) is 0 Å². The lowest BCUT2D eigenvalue weighted by Gasteiger charge is -2.05. The molecule has 0 radical (unpaired) electrons. The molecule has 4 rings (SSSR count). The molecule has 1 aromatic carbocycles. The van der Waals surface area contributed by atoms with E-state index >= 15 is 0 Å². The van der Waals surface area contributed by atoms with Crippen LogP contribution in [-0.2, 0) is 0 Å². The van der Waals surface area contributed by atoms with Crippen LogP contribution < -0.4 is 0 Å². The highest BCUT2D eigenvalue weighted by Crippen LogP contribution is 2.29.